The number of ether oxygens (including phenoxy) is 1. The number of benzene rings is 1. The Morgan fingerprint density at radius 1 is 1.41 bits per heavy atom. The summed E-state index contributed by atoms with van der Waals surface area (Å²) in [5.41, 5.74) is 3.84. The Morgan fingerprint density at radius 3 is 2.85 bits per heavy atom. The lowest BCUT2D eigenvalue weighted by molar-refractivity contribution is 0.372. The maximum absolute atomic E-state index is 12.4. The third-order valence-electron chi connectivity index (χ3n) is 4.55. The summed E-state index contributed by atoms with van der Waals surface area (Å²) < 4.78 is 6.76. The van der Waals surface area contributed by atoms with Crippen LogP contribution in [0.15, 0.2) is 28.1 Å². The van der Waals surface area contributed by atoms with Crippen molar-refractivity contribution in [2.24, 2.45) is 5.10 Å². The van der Waals surface area contributed by atoms with Crippen molar-refractivity contribution >= 4 is 17.9 Å². The van der Waals surface area contributed by atoms with E-state index in [4.69, 9.17) is 17.0 Å². The number of nitrogens with zero attached hydrogens (tertiary/aromatic N) is 2. The monoisotopic (exact) mass is 390 g/mol. The minimum atomic E-state index is -0.468. The van der Waals surface area contributed by atoms with Crippen molar-refractivity contribution < 1.29 is 14.9 Å². The first-order valence-corrected chi connectivity index (χ1v) is 9.12. The highest BCUT2D eigenvalue weighted by atomic mass is 32.1. The van der Waals surface area contributed by atoms with E-state index >= 15 is 0 Å². The number of aromatic hydroxyl groups is 2. The Kier molecular flexibility index (Phi) is 5.50. The second-order valence-electron chi connectivity index (χ2n) is 6.34. The zero-order chi connectivity index (χ0) is 19.6. The van der Waals surface area contributed by atoms with Gasteiger partial charge in [0.1, 0.15) is 5.56 Å². The quantitative estimate of drug-likeness (QED) is 0.564. The summed E-state index contributed by atoms with van der Waals surface area (Å²) in [5.74, 6) is 0.236. The zero-order valence-corrected chi connectivity index (χ0v) is 16.0. The molecule has 2 heterocycles. The van der Waals surface area contributed by atoms with Crippen molar-refractivity contribution in [3.63, 3.8) is 0 Å². The summed E-state index contributed by atoms with van der Waals surface area (Å²) >= 11 is 5.16. The van der Waals surface area contributed by atoms with Gasteiger partial charge in [0, 0.05) is 13.0 Å². The molecule has 0 spiro atoms. The summed E-state index contributed by atoms with van der Waals surface area (Å²) in [5, 5.41) is 24.8. The highest BCUT2D eigenvalue weighted by Crippen LogP contribution is 2.32. The molecule has 0 saturated carbocycles. The number of unbranched alkanes of at least 4 members (excludes halogenated alkanes) is 1. The molecule has 3 rings (SSSR count). The number of phenolic OH excluding ortho intramolecular Hbond substituents is 1. The van der Waals surface area contributed by atoms with Gasteiger partial charge in [-0.2, -0.15) is 5.10 Å². The summed E-state index contributed by atoms with van der Waals surface area (Å²) in [4.78, 5) is 15.0. The number of H-pyrrole nitrogens is 1. The van der Waals surface area contributed by atoms with Crippen molar-refractivity contribution in [2.45, 2.75) is 38.8 Å². The Hall–Kier alpha value is -2.81. The molecule has 1 atom stereocenters. The molecule has 144 valence electrons. The first-order chi connectivity index (χ1) is 13.0. The third kappa shape index (κ3) is 3.68. The molecule has 27 heavy (non-hydrogen) atoms. The van der Waals surface area contributed by atoms with Crippen LogP contribution in [-0.2, 0) is 6.54 Å². The molecule has 0 radical (unpaired) electrons. The van der Waals surface area contributed by atoms with Crippen LogP contribution in [0.4, 0.5) is 0 Å². The third-order valence-corrected chi connectivity index (χ3v) is 4.88. The lowest BCUT2D eigenvalue weighted by atomic mass is 9.99. The molecule has 0 amide bonds. The Labute approximate surface area is 161 Å². The van der Waals surface area contributed by atoms with Crippen molar-refractivity contribution in [3.8, 4) is 17.4 Å². The number of aromatic amines is 1. The van der Waals surface area contributed by atoms with Gasteiger partial charge in [-0.1, -0.05) is 19.4 Å². The maximum Gasteiger partial charge on any atom is 0.264 e. The molecule has 1 aromatic carbocycles. The van der Waals surface area contributed by atoms with E-state index < -0.39 is 5.56 Å². The van der Waals surface area contributed by atoms with Crippen LogP contribution < -0.4 is 15.7 Å². The molecule has 4 N–H and O–H groups in total. The second kappa shape index (κ2) is 7.83. The second-order valence-corrected chi connectivity index (χ2v) is 6.73. The molecule has 9 heteroatoms. The van der Waals surface area contributed by atoms with E-state index in [1.54, 1.807) is 12.1 Å². The minimum Gasteiger partial charge on any atom is -0.504 e. The van der Waals surface area contributed by atoms with Crippen LogP contribution in [0.2, 0.25) is 0 Å². The number of aromatic nitrogens is 2. The van der Waals surface area contributed by atoms with Gasteiger partial charge in [-0.05, 0) is 36.3 Å². The number of phenols is 1. The predicted octanol–water partition coefficient (Wildman–Crippen LogP) is 2.56. The number of rotatable bonds is 6. The van der Waals surface area contributed by atoms with E-state index in [-0.39, 0.29) is 28.0 Å². The average molecular weight is 390 g/mol. The highest BCUT2D eigenvalue weighted by molar-refractivity contribution is 7.71. The molecule has 1 aromatic heterocycles. The molecule has 1 aliphatic rings. The van der Waals surface area contributed by atoms with Crippen LogP contribution >= 0.6 is 12.2 Å². The van der Waals surface area contributed by atoms with E-state index in [0.29, 0.717) is 24.4 Å². The molecule has 0 fully saturated rings. The van der Waals surface area contributed by atoms with Gasteiger partial charge in [0.2, 0.25) is 5.88 Å². The lowest BCUT2D eigenvalue weighted by Gasteiger charge is -2.13. The lowest BCUT2D eigenvalue weighted by Crippen LogP contribution is -2.22. The van der Waals surface area contributed by atoms with E-state index in [1.807, 2.05) is 13.0 Å². The van der Waals surface area contributed by atoms with Gasteiger partial charge in [-0.25, -0.2) is 0 Å². The number of methoxy groups -OCH3 is 1. The topological polar surface area (TPSA) is 112 Å². The van der Waals surface area contributed by atoms with Gasteiger partial charge in [0.05, 0.1) is 18.9 Å². The largest absolute Gasteiger partial charge is 0.504 e. The van der Waals surface area contributed by atoms with Crippen molar-refractivity contribution in [2.75, 3.05) is 7.11 Å². The van der Waals surface area contributed by atoms with Gasteiger partial charge in [0.25, 0.3) is 5.56 Å². The fourth-order valence-corrected chi connectivity index (χ4v) is 3.33. The standard InChI is InChI=1S/C18H22N4O4S/c1-3-4-7-22-17(25)15(16(24)19-18(22)27)12-9-11(20-21-12)10-5-6-14(26-2)13(23)8-10/h5-6,8,11,20,23,25H,3-4,7,9H2,1-2H3,(H,19,24,27). The fourth-order valence-electron chi connectivity index (χ4n) is 3.06. The van der Waals surface area contributed by atoms with Gasteiger partial charge >= 0.3 is 0 Å². The zero-order valence-electron chi connectivity index (χ0n) is 15.2. The minimum absolute atomic E-state index is 0.0267. The van der Waals surface area contributed by atoms with Crippen LogP contribution in [0.1, 0.15) is 43.4 Å². The van der Waals surface area contributed by atoms with Crippen molar-refractivity contribution in [1.29, 1.82) is 0 Å². The van der Waals surface area contributed by atoms with Crippen LogP contribution in [0.5, 0.6) is 17.4 Å². The first-order valence-electron chi connectivity index (χ1n) is 8.71. The van der Waals surface area contributed by atoms with Crippen LogP contribution in [-0.4, -0.2) is 32.6 Å². The highest BCUT2D eigenvalue weighted by Gasteiger charge is 2.27. The predicted molar refractivity (Wildman–Crippen MR) is 104 cm³/mol. The fraction of sp³-hybridized carbons (Fsp3) is 0.389. The van der Waals surface area contributed by atoms with E-state index in [9.17, 15) is 15.0 Å². The summed E-state index contributed by atoms with van der Waals surface area (Å²) in [6.45, 7) is 2.55. The van der Waals surface area contributed by atoms with E-state index in [0.717, 1.165) is 18.4 Å². The van der Waals surface area contributed by atoms with Gasteiger partial charge in [0.15, 0.2) is 16.3 Å². The Balaban J connectivity index is 1.90. The summed E-state index contributed by atoms with van der Waals surface area (Å²) in [6, 6.07) is 4.83. The molecule has 1 aliphatic heterocycles. The SMILES string of the molecule is CCCCn1c(O)c(C2=NNC(c3ccc(OC)c(O)c3)C2)c(=O)[nH]c1=S. The Bertz CT molecular complexity index is 996. The maximum atomic E-state index is 12.4. The van der Waals surface area contributed by atoms with Gasteiger partial charge < -0.3 is 20.4 Å². The number of hydrogen-bond donors (Lipinski definition) is 4. The molecule has 2 aromatic rings. The normalized spacial score (nSPS) is 16.1. The van der Waals surface area contributed by atoms with Crippen molar-refractivity contribution in [3.05, 3.63) is 44.5 Å². The van der Waals surface area contributed by atoms with Crippen molar-refractivity contribution in [1.82, 2.24) is 15.0 Å². The molecular formula is C18H22N4O4S. The number of hydrogen-bond acceptors (Lipinski definition) is 7. The first kappa shape index (κ1) is 19.0. The molecule has 0 aliphatic carbocycles. The van der Waals surface area contributed by atoms with Gasteiger partial charge in [-0.15, -0.1) is 0 Å². The molecule has 1 unspecified atom stereocenters. The number of nitrogens with one attached hydrogen (secondary N) is 2. The smallest absolute Gasteiger partial charge is 0.264 e. The molecule has 0 bridgehead atoms. The number of hydrazone groups is 1. The summed E-state index contributed by atoms with van der Waals surface area (Å²) in [6.07, 6.45) is 2.14. The van der Waals surface area contributed by atoms with E-state index in [2.05, 4.69) is 15.5 Å². The average Bonchev–Trinajstić information content (AvgIpc) is 3.11. The van der Waals surface area contributed by atoms with Crippen LogP contribution in [0, 0.1) is 4.77 Å². The summed E-state index contributed by atoms with van der Waals surface area (Å²) in [7, 11) is 1.48. The van der Waals surface area contributed by atoms with E-state index in [1.165, 1.54) is 11.7 Å². The Morgan fingerprint density at radius 2 is 2.19 bits per heavy atom. The molecular weight excluding hydrogens is 368 g/mol. The van der Waals surface area contributed by atoms with Gasteiger partial charge in [-0.3, -0.25) is 14.3 Å². The molecule has 0 saturated heterocycles. The van der Waals surface area contributed by atoms with Crippen LogP contribution in [0.25, 0.3) is 0 Å². The molecule has 8 nitrogen and oxygen atoms in total. The van der Waals surface area contributed by atoms with Crippen LogP contribution in [0.3, 0.4) is 0 Å².